The third kappa shape index (κ3) is 3.39. The van der Waals surface area contributed by atoms with Crippen molar-refractivity contribution >= 4 is 34.3 Å². The summed E-state index contributed by atoms with van der Waals surface area (Å²) in [5, 5.41) is 3.84. The summed E-state index contributed by atoms with van der Waals surface area (Å²) >= 11 is 1.84. The van der Waals surface area contributed by atoms with Gasteiger partial charge < -0.3 is 14.6 Å². The van der Waals surface area contributed by atoms with Crippen molar-refractivity contribution in [2.75, 3.05) is 29.9 Å². The van der Waals surface area contributed by atoms with E-state index < -0.39 is 0 Å². The summed E-state index contributed by atoms with van der Waals surface area (Å²) in [7, 11) is 0. The first-order valence-corrected chi connectivity index (χ1v) is 9.59. The van der Waals surface area contributed by atoms with E-state index in [1.54, 1.807) is 24.6 Å². The molecular formula is C19H18FN3O2S. The number of aromatic nitrogens is 1. The van der Waals surface area contributed by atoms with Crippen LogP contribution in [0.3, 0.4) is 0 Å². The summed E-state index contributed by atoms with van der Waals surface area (Å²) in [6.07, 6.45) is 3.17. The lowest BCUT2D eigenvalue weighted by Gasteiger charge is -2.27. The van der Waals surface area contributed by atoms with E-state index in [4.69, 9.17) is 4.42 Å². The molecule has 1 N–H and O–H groups in total. The van der Waals surface area contributed by atoms with Crippen molar-refractivity contribution in [1.82, 2.24) is 9.88 Å². The van der Waals surface area contributed by atoms with E-state index in [2.05, 4.69) is 10.3 Å². The zero-order valence-electron chi connectivity index (χ0n) is 14.1. The summed E-state index contributed by atoms with van der Waals surface area (Å²) in [5.41, 5.74) is 1.69. The van der Waals surface area contributed by atoms with Gasteiger partial charge in [0.05, 0.1) is 29.6 Å². The minimum absolute atomic E-state index is 0.0779. The molecule has 1 fully saturated rings. The predicted molar refractivity (Wildman–Crippen MR) is 101 cm³/mol. The molecule has 3 heterocycles. The van der Waals surface area contributed by atoms with Gasteiger partial charge in [-0.3, -0.25) is 9.78 Å². The highest BCUT2D eigenvalue weighted by Gasteiger charge is 2.23. The first-order valence-electron chi connectivity index (χ1n) is 8.44. The topological polar surface area (TPSA) is 58.4 Å². The van der Waals surface area contributed by atoms with Crippen molar-refractivity contribution in [2.24, 2.45) is 0 Å². The molecule has 1 aliphatic rings. The van der Waals surface area contributed by atoms with Gasteiger partial charge in [0.15, 0.2) is 0 Å². The maximum Gasteiger partial charge on any atom is 0.257 e. The second-order valence-electron chi connectivity index (χ2n) is 6.05. The van der Waals surface area contributed by atoms with E-state index in [0.29, 0.717) is 41.8 Å². The number of carbonyl (C=O) groups is 1. The number of anilines is 1. The normalized spacial score (nSPS) is 14.6. The first-order chi connectivity index (χ1) is 12.7. The molecular weight excluding hydrogens is 353 g/mol. The molecule has 0 bridgehead atoms. The van der Waals surface area contributed by atoms with Crippen molar-refractivity contribution in [1.29, 1.82) is 0 Å². The molecule has 7 heteroatoms. The molecule has 0 aliphatic carbocycles. The smallest absolute Gasteiger partial charge is 0.257 e. The lowest BCUT2D eigenvalue weighted by molar-refractivity contribution is 0.0773. The zero-order chi connectivity index (χ0) is 17.9. The lowest BCUT2D eigenvalue weighted by atomic mass is 10.1. The maximum atomic E-state index is 13.8. The zero-order valence-corrected chi connectivity index (χ0v) is 14.9. The summed E-state index contributed by atoms with van der Waals surface area (Å²) in [6.45, 7) is 1.82. The molecule has 26 heavy (non-hydrogen) atoms. The highest BCUT2D eigenvalue weighted by atomic mass is 32.2. The number of benzene rings is 1. The van der Waals surface area contributed by atoms with Crippen molar-refractivity contribution in [3.63, 3.8) is 0 Å². The van der Waals surface area contributed by atoms with Gasteiger partial charge in [0.2, 0.25) is 0 Å². The number of rotatable bonds is 4. The Bertz CT molecular complexity index is 924. The molecule has 0 radical (unpaired) electrons. The van der Waals surface area contributed by atoms with Crippen LogP contribution >= 0.6 is 11.8 Å². The monoisotopic (exact) mass is 371 g/mol. The third-order valence-corrected chi connectivity index (χ3v) is 5.32. The highest BCUT2D eigenvalue weighted by Crippen LogP contribution is 2.29. The average Bonchev–Trinajstić information content (AvgIpc) is 3.19. The fourth-order valence-corrected chi connectivity index (χ4v) is 3.95. The number of nitrogens with zero attached hydrogens (tertiary/aromatic N) is 2. The van der Waals surface area contributed by atoms with Crippen molar-refractivity contribution < 1.29 is 13.6 Å². The van der Waals surface area contributed by atoms with Crippen LogP contribution in [-0.4, -0.2) is 40.4 Å². The van der Waals surface area contributed by atoms with E-state index in [0.717, 1.165) is 17.3 Å². The maximum absolute atomic E-state index is 13.8. The second-order valence-corrected chi connectivity index (χ2v) is 7.27. The molecule has 2 aromatic heterocycles. The van der Waals surface area contributed by atoms with Crippen molar-refractivity contribution in [2.45, 2.75) is 6.54 Å². The van der Waals surface area contributed by atoms with E-state index in [1.807, 2.05) is 22.7 Å². The SMILES string of the molecule is O=C(c1cnc2ccc(F)cc2c1NCc1ccco1)N1CCSCC1. The fraction of sp³-hybridized carbons (Fsp3) is 0.263. The first kappa shape index (κ1) is 16.9. The summed E-state index contributed by atoms with van der Waals surface area (Å²) in [4.78, 5) is 19.2. The molecule has 1 aliphatic heterocycles. The average molecular weight is 371 g/mol. The van der Waals surface area contributed by atoms with Gasteiger partial charge in [-0.05, 0) is 30.3 Å². The second kappa shape index (κ2) is 7.37. The number of hydrogen-bond acceptors (Lipinski definition) is 5. The van der Waals surface area contributed by atoms with Gasteiger partial charge in [-0.15, -0.1) is 0 Å². The van der Waals surface area contributed by atoms with Gasteiger partial charge in [-0.25, -0.2) is 4.39 Å². The Kier molecular flexibility index (Phi) is 4.79. The molecule has 1 saturated heterocycles. The van der Waals surface area contributed by atoms with E-state index in [9.17, 15) is 9.18 Å². The van der Waals surface area contributed by atoms with Crippen LogP contribution in [0.4, 0.5) is 10.1 Å². The Morgan fingerprint density at radius 3 is 2.92 bits per heavy atom. The van der Waals surface area contributed by atoms with Gasteiger partial charge in [-0.2, -0.15) is 11.8 Å². The largest absolute Gasteiger partial charge is 0.467 e. The minimum Gasteiger partial charge on any atom is -0.467 e. The molecule has 0 atom stereocenters. The van der Waals surface area contributed by atoms with E-state index in [1.165, 1.54) is 12.1 Å². The van der Waals surface area contributed by atoms with Crippen LogP contribution in [0.2, 0.25) is 0 Å². The Balaban J connectivity index is 1.74. The summed E-state index contributed by atoms with van der Waals surface area (Å²) in [6, 6.07) is 8.05. The number of halogens is 1. The number of pyridine rings is 1. The molecule has 1 aromatic carbocycles. The van der Waals surface area contributed by atoms with Gasteiger partial charge in [0, 0.05) is 36.2 Å². The Morgan fingerprint density at radius 1 is 1.31 bits per heavy atom. The van der Waals surface area contributed by atoms with Crippen LogP contribution in [0.15, 0.2) is 47.2 Å². The number of carbonyl (C=O) groups excluding carboxylic acids is 1. The van der Waals surface area contributed by atoms with Crippen molar-refractivity contribution in [3.8, 4) is 0 Å². The predicted octanol–water partition coefficient (Wildman–Crippen LogP) is 3.77. The lowest BCUT2D eigenvalue weighted by Crippen LogP contribution is -2.38. The quantitative estimate of drug-likeness (QED) is 0.757. The van der Waals surface area contributed by atoms with Gasteiger partial charge in [-0.1, -0.05) is 0 Å². The Labute approximate surface area is 154 Å². The minimum atomic E-state index is -0.362. The molecule has 0 saturated carbocycles. The number of nitrogens with one attached hydrogen (secondary N) is 1. The van der Waals surface area contributed by atoms with Crippen LogP contribution in [-0.2, 0) is 6.54 Å². The standard InChI is InChI=1S/C19H18FN3O2S/c20-13-3-4-17-15(10-13)18(22-11-14-2-1-7-25-14)16(12-21-17)19(24)23-5-8-26-9-6-23/h1-4,7,10,12H,5-6,8-9,11H2,(H,21,22). The molecule has 0 spiro atoms. The van der Waals surface area contributed by atoms with Gasteiger partial charge >= 0.3 is 0 Å². The van der Waals surface area contributed by atoms with Crippen LogP contribution < -0.4 is 5.32 Å². The molecule has 3 aromatic rings. The number of furan rings is 1. The fourth-order valence-electron chi connectivity index (χ4n) is 3.04. The number of hydrogen-bond donors (Lipinski definition) is 1. The van der Waals surface area contributed by atoms with Crippen LogP contribution in [0, 0.1) is 5.82 Å². The number of amides is 1. The molecule has 1 amide bonds. The van der Waals surface area contributed by atoms with E-state index >= 15 is 0 Å². The van der Waals surface area contributed by atoms with Crippen LogP contribution in [0.5, 0.6) is 0 Å². The summed E-state index contributed by atoms with van der Waals surface area (Å²) in [5.74, 6) is 2.15. The Hall–Kier alpha value is -2.54. The van der Waals surface area contributed by atoms with E-state index in [-0.39, 0.29) is 11.7 Å². The summed E-state index contributed by atoms with van der Waals surface area (Å²) < 4.78 is 19.2. The number of fused-ring (bicyclic) bond motifs is 1. The molecule has 0 unspecified atom stereocenters. The molecule has 4 rings (SSSR count). The van der Waals surface area contributed by atoms with Gasteiger partial charge in [0.1, 0.15) is 11.6 Å². The van der Waals surface area contributed by atoms with Gasteiger partial charge in [0.25, 0.3) is 5.91 Å². The van der Waals surface area contributed by atoms with Crippen LogP contribution in [0.1, 0.15) is 16.1 Å². The van der Waals surface area contributed by atoms with Crippen LogP contribution in [0.25, 0.3) is 10.9 Å². The molecule has 134 valence electrons. The number of thioether (sulfide) groups is 1. The van der Waals surface area contributed by atoms with Crippen molar-refractivity contribution in [3.05, 3.63) is 59.9 Å². The highest BCUT2D eigenvalue weighted by molar-refractivity contribution is 7.99. The molecule has 5 nitrogen and oxygen atoms in total. The Morgan fingerprint density at radius 2 is 2.15 bits per heavy atom. The third-order valence-electron chi connectivity index (χ3n) is 4.38.